The molecule has 27 heavy (non-hydrogen) atoms. The van der Waals surface area contributed by atoms with E-state index < -0.39 is 33.9 Å². The fraction of sp³-hybridized carbons (Fsp3) is 0.353. The Morgan fingerprint density at radius 1 is 1.41 bits per heavy atom. The van der Waals surface area contributed by atoms with Gasteiger partial charge in [0.1, 0.15) is 5.69 Å². The number of carbonyl (C=O) groups is 1. The summed E-state index contributed by atoms with van der Waals surface area (Å²) in [4.78, 5) is 30.3. The highest BCUT2D eigenvalue weighted by Gasteiger charge is 2.47. The number of aromatic hydroxyl groups is 2. The average molecular weight is 394 g/mol. The number of nitrogens with zero attached hydrogens (tertiary/aromatic N) is 3. The zero-order valence-corrected chi connectivity index (χ0v) is 15.1. The number of fused-ring (bicyclic) bond motifs is 1. The summed E-state index contributed by atoms with van der Waals surface area (Å²) in [6.07, 6.45) is 1.44. The third kappa shape index (κ3) is 3.25. The number of nitro groups is 1. The minimum absolute atomic E-state index is 0.257. The smallest absolute Gasteiger partial charge is 0.352 e. The molecule has 3 rings (SSSR count). The van der Waals surface area contributed by atoms with Gasteiger partial charge in [-0.1, -0.05) is 17.7 Å². The van der Waals surface area contributed by atoms with E-state index in [4.69, 9.17) is 16.3 Å². The summed E-state index contributed by atoms with van der Waals surface area (Å²) in [6, 6.07) is 4.33. The number of esters is 1. The molecule has 0 amide bonds. The maximum atomic E-state index is 12.8. The van der Waals surface area contributed by atoms with E-state index in [-0.39, 0.29) is 12.1 Å². The number of methoxy groups -OCH3 is 1. The highest BCUT2D eigenvalue weighted by atomic mass is 35.5. The van der Waals surface area contributed by atoms with Crippen molar-refractivity contribution in [3.8, 4) is 11.9 Å². The maximum Gasteiger partial charge on any atom is 0.352 e. The molecule has 0 aliphatic heterocycles. The van der Waals surface area contributed by atoms with Crippen LogP contribution in [0, 0.1) is 10.1 Å². The number of hydrogen-bond acceptors (Lipinski definition) is 8. The van der Waals surface area contributed by atoms with E-state index in [1.54, 1.807) is 18.2 Å². The molecular weight excluding hydrogens is 378 g/mol. The second-order valence-corrected chi connectivity index (χ2v) is 6.74. The summed E-state index contributed by atoms with van der Waals surface area (Å²) in [5, 5.41) is 31.2. The van der Waals surface area contributed by atoms with Crippen molar-refractivity contribution in [2.75, 3.05) is 7.11 Å². The minimum atomic E-state index is -1.29. The van der Waals surface area contributed by atoms with Crippen molar-refractivity contribution < 1.29 is 24.7 Å². The Morgan fingerprint density at radius 2 is 2.15 bits per heavy atom. The normalized spacial score (nSPS) is 18.6. The van der Waals surface area contributed by atoms with Crippen molar-refractivity contribution in [3.05, 3.63) is 50.2 Å². The van der Waals surface area contributed by atoms with Crippen LogP contribution in [0.2, 0.25) is 5.02 Å². The van der Waals surface area contributed by atoms with Crippen LogP contribution in [0.15, 0.2) is 18.2 Å². The van der Waals surface area contributed by atoms with Crippen molar-refractivity contribution in [1.82, 2.24) is 9.97 Å². The molecule has 142 valence electrons. The molecule has 1 aliphatic rings. The second kappa shape index (κ2) is 6.99. The van der Waals surface area contributed by atoms with Crippen molar-refractivity contribution in [2.45, 2.75) is 31.1 Å². The first-order chi connectivity index (χ1) is 12.8. The molecule has 1 aromatic carbocycles. The monoisotopic (exact) mass is 393 g/mol. The van der Waals surface area contributed by atoms with E-state index in [0.29, 0.717) is 29.8 Å². The van der Waals surface area contributed by atoms with Crippen molar-refractivity contribution in [3.63, 3.8) is 0 Å². The first-order valence-electron chi connectivity index (χ1n) is 8.09. The van der Waals surface area contributed by atoms with Gasteiger partial charge < -0.3 is 14.9 Å². The topological polar surface area (TPSA) is 136 Å². The van der Waals surface area contributed by atoms with E-state index in [1.165, 1.54) is 7.11 Å². The predicted octanol–water partition coefficient (Wildman–Crippen LogP) is 2.44. The fourth-order valence-electron chi connectivity index (χ4n) is 3.66. The molecule has 1 atom stereocenters. The molecule has 0 saturated carbocycles. The lowest BCUT2D eigenvalue weighted by Crippen LogP contribution is -2.42. The predicted molar refractivity (Wildman–Crippen MR) is 93.8 cm³/mol. The Bertz CT molecular complexity index is 935. The highest BCUT2D eigenvalue weighted by molar-refractivity contribution is 6.30. The van der Waals surface area contributed by atoms with E-state index >= 15 is 0 Å². The van der Waals surface area contributed by atoms with E-state index in [1.807, 2.05) is 0 Å². The van der Waals surface area contributed by atoms with Crippen LogP contribution in [0.25, 0.3) is 0 Å². The molecule has 0 radical (unpaired) electrons. The van der Waals surface area contributed by atoms with Gasteiger partial charge >= 0.3 is 17.7 Å². The van der Waals surface area contributed by atoms with Gasteiger partial charge in [-0.15, -0.1) is 0 Å². The summed E-state index contributed by atoms with van der Waals surface area (Å²) in [6.45, 7) is 0. The minimum Gasteiger partial charge on any atom is -0.488 e. The number of ether oxygens (including phenoxy) is 1. The Hall–Kier alpha value is -2.94. The summed E-state index contributed by atoms with van der Waals surface area (Å²) in [5.74, 6) is -1.57. The number of hydrogen-bond donors (Lipinski definition) is 2. The van der Waals surface area contributed by atoms with Gasteiger partial charge in [-0.2, -0.15) is 9.97 Å². The SMILES string of the molecule is COC(=O)C1(Cc2nc(O)nc(O)c2[N+](=O)[O-])CCCc2ccc(Cl)cc21. The third-order valence-corrected chi connectivity index (χ3v) is 5.03. The number of aryl methyl sites for hydroxylation is 1. The molecule has 0 saturated heterocycles. The number of benzene rings is 1. The lowest BCUT2D eigenvalue weighted by molar-refractivity contribution is -0.387. The lowest BCUT2D eigenvalue weighted by atomic mass is 9.67. The highest BCUT2D eigenvalue weighted by Crippen LogP contribution is 2.44. The summed E-state index contributed by atoms with van der Waals surface area (Å²) < 4.78 is 5.00. The van der Waals surface area contributed by atoms with Gasteiger partial charge in [-0.05, 0) is 42.5 Å². The molecule has 10 heteroatoms. The van der Waals surface area contributed by atoms with Gasteiger partial charge in [0, 0.05) is 11.4 Å². The molecule has 2 N–H and O–H groups in total. The van der Waals surface area contributed by atoms with Crippen LogP contribution in [-0.4, -0.2) is 38.2 Å². The molecule has 0 fully saturated rings. The Morgan fingerprint density at radius 3 is 2.81 bits per heavy atom. The van der Waals surface area contributed by atoms with E-state index in [9.17, 15) is 25.1 Å². The average Bonchev–Trinajstić information content (AvgIpc) is 2.60. The van der Waals surface area contributed by atoms with Gasteiger partial charge in [0.25, 0.3) is 5.88 Å². The van der Waals surface area contributed by atoms with Crippen LogP contribution < -0.4 is 0 Å². The van der Waals surface area contributed by atoms with Crippen LogP contribution >= 0.6 is 11.6 Å². The zero-order chi connectivity index (χ0) is 19.8. The molecule has 1 aromatic heterocycles. The number of halogens is 1. The van der Waals surface area contributed by atoms with Crippen LogP contribution in [0.1, 0.15) is 29.7 Å². The van der Waals surface area contributed by atoms with Crippen LogP contribution in [-0.2, 0) is 27.8 Å². The van der Waals surface area contributed by atoms with Gasteiger partial charge in [-0.25, -0.2) is 0 Å². The molecule has 2 aromatic rings. The maximum absolute atomic E-state index is 12.8. The van der Waals surface area contributed by atoms with E-state index in [0.717, 1.165) is 5.56 Å². The first-order valence-corrected chi connectivity index (χ1v) is 8.47. The molecule has 1 heterocycles. The van der Waals surface area contributed by atoms with Crippen LogP contribution in [0.3, 0.4) is 0 Å². The summed E-state index contributed by atoms with van der Waals surface area (Å²) in [7, 11) is 1.23. The molecule has 0 bridgehead atoms. The molecule has 9 nitrogen and oxygen atoms in total. The standard InChI is InChI=1S/C17H16ClN3O6/c1-27-15(23)17(6-2-3-9-4-5-10(18)7-11(9)17)8-12-13(21(25)26)14(22)20-16(24)19-12/h4-5,7H,2-3,6,8H2,1H3,(H2,19,20,22,24). The summed E-state index contributed by atoms with van der Waals surface area (Å²) in [5.41, 5.74) is -0.833. The number of carbonyl (C=O) groups excluding carboxylic acids is 1. The Balaban J connectivity index is 2.23. The van der Waals surface area contributed by atoms with Crippen LogP contribution in [0.4, 0.5) is 5.69 Å². The third-order valence-electron chi connectivity index (χ3n) is 4.79. The number of rotatable bonds is 4. The zero-order valence-electron chi connectivity index (χ0n) is 14.3. The van der Waals surface area contributed by atoms with Crippen LogP contribution in [0.5, 0.6) is 11.9 Å². The van der Waals surface area contributed by atoms with E-state index in [2.05, 4.69) is 9.97 Å². The molecule has 0 spiro atoms. The Kier molecular flexibility index (Phi) is 4.88. The molecule has 1 unspecified atom stereocenters. The quantitative estimate of drug-likeness (QED) is 0.459. The largest absolute Gasteiger partial charge is 0.488 e. The van der Waals surface area contributed by atoms with Gasteiger partial charge in [-0.3, -0.25) is 14.9 Å². The molecular formula is C17H16ClN3O6. The van der Waals surface area contributed by atoms with Crippen molar-refractivity contribution in [1.29, 1.82) is 0 Å². The van der Waals surface area contributed by atoms with Crippen molar-refractivity contribution >= 4 is 23.3 Å². The van der Waals surface area contributed by atoms with Crippen molar-refractivity contribution in [2.24, 2.45) is 0 Å². The lowest BCUT2D eigenvalue weighted by Gasteiger charge is -2.36. The fourth-order valence-corrected chi connectivity index (χ4v) is 3.83. The Labute approximate surface area is 158 Å². The molecule has 1 aliphatic carbocycles. The summed E-state index contributed by atoms with van der Waals surface area (Å²) >= 11 is 6.12. The van der Waals surface area contributed by atoms with Gasteiger partial charge in [0.05, 0.1) is 17.4 Å². The second-order valence-electron chi connectivity index (χ2n) is 6.31. The van der Waals surface area contributed by atoms with Gasteiger partial charge in [0.2, 0.25) is 0 Å². The number of aromatic nitrogens is 2. The van der Waals surface area contributed by atoms with Gasteiger partial charge in [0.15, 0.2) is 0 Å². The first kappa shape index (κ1) is 18.8.